The van der Waals surface area contributed by atoms with Crippen molar-refractivity contribution in [2.45, 2.75) is 222 Å². The van der Waals surface area contributed by atoms with Crippen LogP contribution in [-0.2, 0) is 102 Å². The number of hydrogen-bond donors (Lipinski definition) is 23. The number of nitrogens with one attached hydrogen (secondary N) is 14. The number of carboxylic acid groups (broad SMARTS) is 4. The molecule has 0 spiro atoms. The standard InChI is InChI=1S/C74H105N17O27/c1-5-6-7-8-9-10-11-17-40(93)26-55(96)83-46(25-39-32-78-44-21-15-13-18-41(39)44)68(111)86-47(28-54(77)95)69(112)88-50(31-61(105)106)70(113)91-63-38(4)118-74(117)51(27-53(94)42-19-12-14-20-43(42)76)89-73(116)62(36(2)24-58(99)100)90-71(114)52(35-92)84-57(98)33-79-65(108)48(29-59(101)102)85-64(107)37(3)81-67(110)49(30-60(103)104)87-66(109)45(22-16-23-75)82-56(97)34-80-72(63)115/h12-15,18-21,32,36-38,40,45-52,62-63,78,92-93H,5-11,16-17,22-31,33-35,75-76H2,1-4H3,(H2,77,95)(H,79,108)(H,80,115)(H,81,110)(H,82,97)(H,83,96)(H,84,98)(H,85,107)(H,86,111)(H,87,109)(H,88,112)(H,89,116)(H,90,114)(H,91,113)(H,99,100)(H,101,102)(H,103,104)(H,105,106)/t36-,37+,38?,40?,45+,46-,47-,48-,49?,50-,51-,52?,62-,63?/m0/s1. The highest BCUT2D eigenvalue weighted by atomic mass is 16.5. The predicted octanol–water partition coefficient (Wildman–Crippen LogP) is -5.87. The molecule has 1 aromatic heterocycles. The van der Waals surface area contributed by atoms with E-state index in [-0.39, 0.29) is 37.1 Å². The number of H-pyrrole nitrogens is 1. The van der Waals surface area contributed by atoms with Crippen LogP contribution in [-0.4, -0.2) is 259 Å². The van der Waals surface area contributed by atoms with Crippen LogP contribution >= 0.6 is 0 Å². The molecule has 5 unspecified atom stereocenters. The number of aliphatic hydroxyl groups is 2. The number of aromatic nitrogens is 1. The highest BCUT2D eigenvalue weighted by molar-refractivity contribution is 6.05. The molecule has 44 heteroatoms. The molecular formula is C74H105N17O27. The molecule has 0 radical (unpaired) electrons. The second kappa shape index (κ2) is 49.2. The van der Waals surface area contributed by atoms with Crippen molar-refractivity contribution in [2.24, 2.45) is 17.4 Å². The number of aromatic amines is 1. The van der Waals surface area contributed by atoms with E-state index < -0.39 is 274 Å². The van der Waals surface area contributed by atoms with E-state index in [0.29, 0.717) is 22.9 Å². The van der Waals surface area contributed by atoms with Gasteiger partial charge in [-0.05, 0) is 69.3 Å². The number of benzene rings is 2. The Morgan fingerprint density at radius 1 is 0.551 bits per heavy atom. The maximum atomic E-state index is 14.9. The van der Waals surface area contributed by atoms with Crippen LogP contribution in [0.4, 0.5) is 5.69 Å². The summed E-state index contributed by atoms with van der Waals surface area (Å²) in [6, 6.07) is -11.0. The second-order valence-corrected chi connectivity index (χ2v) is 28.1. The number of carbonyl (C=O) groups is 20. The molecule has 0 bridgehead atoms. The first kappa shape index (κ1) is 97.6. The molecule has 0 aliphatic carbocycles. The van der Waals surface area contributed by atoms with Gasteiger partial charge >= 0.3 is 29.8 Å². The molecule has 0 saturated carbocycles. The molecule has 1 saturated heterocycles. The average molecular weight is 1660 g/mol. The van der Waals surface area contributed by atoms with E-state index in [2.05, 4.69) is 65.1 Å². The number of hydrogen-bond acceptors (Lipinski definition) is 25. The van der Waals surface area contributed by atoms with Gasteiger partial charge in [0.05, 0.1) is 64.3 Å². The van der Waals surface area contributed by atoms with Crippen molar-refractivity contribution in [3.05, 3.63) is 65.9 Å². The van der Waals surface area contributed by atoms with Crippen LogP contribution in [0, 0.1) is 5.92 Å². The van der Waals surface area contributed by atoms with E-state index >= 15 is 0 Å². The number of anilines is 1. The Morgan fingerprint density at radius 2 is 1.09 bits per heavy atom. The van der Waals surface area contributed by atoms with Gasteiger partial charge in [0.2, 0.25) is 82.7 Å². The predicted molar refractivity (Wildman–Crippen MR) is 411 cm³/mol. The molecule has 26 N–H and O–H groups in total. The Kier molecular flexibility index (Phi) is 40.7. The third kappa shape index (κ3) is 33.6. The van der Waals surface area contributed by atoms with E-state index in [4.69, 9.17) is 21.9 Å². The van der Waals surface area contributed by atoms with Gasteiger partial charge < -0.3 is 127 Å². The van der Waals surface area contributed by atoms with Crippen molar-refractivity contribution in [1.29, 1.82) is 0 Å². The van der Waals surface area contributed by atoms with Gasteiger partial charge in [-0.25, -0.2) is 4.79 Å². The molecule has 118 heavy (non-hydrogen) atoms. The van der Waals surface area contributed by atoms with E-state index in [9.17, 15) is 127 Å². The largest absolute Gasteiger partial charge is 0.481 e. The quantitative estimate of drug-likeness (QED) is 0.0111. The Labute approximate surface area is 675 Å². The lowest BCUT2D eigenvalue weighted by atomic mass is 9.96. The smallest absolute Gasteiger partial charge is 0.329 e. The number of aliphatic carboxylic acids is 4. The molecule has 2 heterocycles. The Bertz CT molecular complexity index is 4120. The normalized spacial score (nSPS) is 21.2. The summed E-state index contributed by atoms with van der Waals surface area (Å²) in [7, 11) is 0. The van der Waals surface area contributed by atoms with Crippen molar-refractivity contribution >= 4 is 135 Å². The van der Waals surface area contributed by atoms with Crippen molar-refractivity contribution in [3.8, 4) is 0 Å². The minimum Gasteiger partial charge on any atom is -0.481 e. The average Bonchev–Trinajstić information content (AvgIpc) is 1.78. The summed E-state index contributed by atoms with van der Waals surface area (Å²) < 4.78 is 5.68. The third-order valence-electron chi connectivity index (χ3n) is 18.4. The number of rotatable bonds is 37. The number of ether oxygens (including phenoxy) is 1. The topological polar surface area (TPSA) is 722 Å². The van der Waals surface area contributed by atoms with Crippen LogP contribution in [0.3, 0.4) is 0 Å². The number of fused-ring (bicyclic) bond motifs is 1. The van der Waals surface area contributed by atoms with Gasteiger partial charge in [0.15, 0.2) is 5.78 Å². The number of cyclic esters (lactones) is 1. The first-order chi connectivity index (χ1) is 55.7. The first-order valence-electron chi connectivity index (χ1n) is 37.9. The lowest BCUT2D eigenvalue weighted by molar-refractivity contribution is -0.156. The molecule has 1 aliphatic heterocycles. The molecule has 14 amide bonds. The summed E-state index contributed by atoms with van der Waals surface area (Å²) in [6.45, 7) is 1.08. The number of carboxylic acids is 4. The number of ketones is 1. The molecular weight excluding hydrogens is 1560 g/mol. The Balaban J connectivity index is 1.87. The van der Waals surface area contributed by atoms with E-state index in [1.54, 1.807) is 24.3 Å². The molecule has 4 rings (SSSR count). The number of amides is 14. The summed E-state index contributed by atoms with van der Waals surface area (Å²) in [5.74, 6) is -30.3. The van der Waals surface area contributed by atoms with Crippen molar-refractivity contribution in [1.82, 2.24) is 74.1 Å². The second-order valence-electron chi connectivity index (χ2n) is 28.1. The number of para-hydroxylation sites is 2. The van der Waals surface area contributed by atoms with Gasteiger partial charge in [0, 0.05) is 41.2 Å². The van der Waals surface area contributed by atoms with Crippen LogP contribution in [0.25, 0.3) is 10.9 Å². The zero-order valence-electron chi connectivity index (χ0n) is 65.3. The zero-order valence-corrected chi connectivity index (χ0v) is 65.3. The van der Waals surface area contributed by atoms with Crippen LogP contribution in [0.15, 0.2) is 54.7 Å². The lowest BCUT2D eigenvalue weighted by Crippen LogP contribution is -2.62. The minimum absolute atomic E-state index is 0.102. The van der Waals surface area contributed by atoms with E-state index in [1.807, 2.05) is 16.0 Å². The number of carbonyl (C=O) groups excluding carboxylic acids is 16. The molecule has 1 aliphatic rings. The van der Waals surface area contributed by atoms with Gasteiger partial charge in [-0.1, -0.05) is 89.1 Å². The summed E-state index contributed by atoms with van der Waals surface area (Å²) in [6.07, 6.45) is -3.52. The lowest BCUT2D eigenvalue weighted by Gasteiger charge is -2.30. The van der Waals surface area contributed by atoms with Crippen LogP contribution < -0.4 is 86.3 Å². The highest BCUT2D eigenvalue weighted by Crippen LogP contribution is 2.22. The van der Waals surface area contributed by atoms with Gasteiger partial charge in [-0.2, -0.15) is 0 Å². The van der Waals surface area contributed by atoms with Gasteiger partial charge in [-0.3, -0.25) is 91.1 Å². The van der Waals surface area contributed by atoms with Gasteiger partial charge in [0.1, 0.15) is 72.6 Å². The summed E-state index contributed by atoms with van der Waals surface area (Å²) in [5.41, 5.74) is 18.0. The van der Waals surface area contributed by atoms with Crippen LogP contribution in [0.2, 0.25) is 0 Å². The fourth-order valence-corrected chi connectivity index (χ4v) is 12.1. The van der Waals surface area contributed by atoms with Gasteiger partial charge in [0.25, 0.3) is 0 Å². The number of Topliss-reactive ketones (excluding diaryl/α,β-unsaturated/α-hetero) is 1. The monoisotopic (exact) mass is 1660 g/mol. The number of nitrogens with two attached hydrogens (primary N) is 3. The number of nitrogen functional groups attached to an aromatic ring is 1. The summed E-state index contributed by atoms with van der Waals surface area (Å²) in [4.78, 5) is 277. The molecule has 14 atom stereocenters. The van der Waals surface area contributed by atoms with Crippen LogP contribution in [0.5, 0.6) is 0 Å². The number of aliphatic hydroxyl groups excluding tert-OH is 2. The number of primary amides is 1. The van der Waals surface area contributed by atoms with Crippen LogP contribution in [0.1, 0.15) is 153 Å². The molecule has 2 aromatic carbocycles. The highest BCUT2D eigenvalue weighted by Gasteiger charge is 2.41. The van der Waals surface area contributed by atoms with Crippen molar-refractivity contribution in [3.63, 3.8) is 0 Å². The molecule has 1 fully saturated rings. The van der Waals surface area contributed by atoms with E-state index in [0.717, 1.165) is 59.3 Å². The minimum atomic E-state index is -2.47. The fraction of sp³-hybridized carbons (Fsp3) is 0.541. The molecule has 3 aromatic rings. The van der Waals surface area contributed by atoms with E-state index in [1.165, 1.54) is 30.5 Å². The maximum absolute atomic E-state index is 14.9. The summed E-state index contributed by atoms with van der Waals surface area (Å²) >= 11 is 0. The summed E-state index contributed by atoms with van der Waals surface area (Å²) in [5, 5.41) is 89.3. The molecule has 44 nitrogen and oxygen atoms in total. The van der Waals surface area contributed by atoms with Crippen molar-refractivity contribution in [2.75, 3.05) is 32.0 Å². The Morgan fingerprint density at radius 3 is 1.69 bits per heavy atom. The fourth-order valence-electron chi connectivity index (χ4n) is 12.1. The Hall–Kier alpha value is -12.7. The third-order valence-corrected chi connectivity index (χ3v) is 18.4. The first-order valence-corrected chi connectivity index (χ1v) is 37.9. The number of unbranched alkanes of at least 4 members (excludes halogenated alkanes) is 6. The maximum Gasteiger partial charge on any atom is 0.329 e. The molecule has 648 valence electrons. The van der Waals surface area contributed by atoms with Crippen molar-refractivity contribution < 1.29 is 131 Å². The SMILES string of the molecule is CCCCCCCCCC(O)CC(=O)N[C@@H](Cc1c[nH]c2ccccc12)C(=O)N[C@@H](CC(N)=O)C(=O)N[C@@H](CC(=O)O)C(=O)NC1C(=O)NCC(=O)N[C@H](CCCN)C(=O)NC(CC(=O)O)C(=O)N[C@H](C)C(=O)N[C@@H](CC(=O)O)C(=O)NCC(=O)NC(CO)C(=O)N[C@@H]([C@@H](C)CC(=O)O)C(=O)N[C@@H](CC(=O)c2ccccc2N)C(=O)OC1C. The number of esters is 1. The zero-order chi connectivity index (χ0) is 88.0. The van der Waals surface area contributed by atoms with Gasteiger partial charge in [-0.15, -0.1) is 0 Å².